The topological polar surface area (TPSA) is 70.6 Å². The fourth-order valence-corrected chi connectivity index (χ4v) is 4.15. The molecule has 1 aliphatic rings. The lowest BCUT2D eigenvalue weighted by Gasteiger charge is -2.29. The number of carbonyl (C=O) groups excluding carboxylic acids is 1. The summed E-state index contributed by atoms with van der Waals surface area (Å²) in [5, 5.41) is 0. The molecule has 146 valence electrons. The number of sulfonamides is 1. The van der Waals surface area contributed by atoms with Crippen molar-refractivity contribution in [1.82, 2.24) is 14.2 Å². The average Bonchev–Trinajstić information content (AvgIpc) is 3.35. The van der Waals surface area contributed by atoms with E-state index >= 15 is 0 Å². The Kier molecular flexibility index (Phi) is 6.28. The molecular formula is C16H22F3N3O3S. The first-order valence-corrected chi connectivity index (χ1v) is 9.71. The van der Waals surface area contributed by atoms with Crippen molar-refractivity contribution in [1.29, 1.82) is 0 Å². The number of rotatable bonds is 8. The van der Waals surface area contributed by atoms with Gasteiger partial charge in [-0.2, -0.15) is 17.5 Å². The molecule has 26 heavy (non-hydrogen) atoms. The molecule has 0 bridgehead atoms. The molecule has 1 fully saturated rings. The molecule has 0 saturated heterocycles. The molecule has 2 rings (SSSR count). The fourth-order valence-electron chi connectivity index (χ4n) is 2.55. The number of hydrogen-bond donors (Lipinski definition) is 0. The van der Waals surface area contributed by atoms with Gasteiger partial charge in [0.15, 0.2) is 0 Å². The van der Waals surface area contributed by atoms with E-state index in [1.54, 1.807) is 13.8 Å². The molecule has 0 spiro atoms. The van der Waals surface area contributed by atoms with Crippen molar-refractivity contribution >= 4 is 15.9 Å². The molecule has 1 amide bonds. The Morgan fingerprint density at radius 2 is 2.00 bits per heavy atom. The van der Waals surface area contributed by atoms with Crippen LogP contribution in [0.3, 0.4) is 0 Å². The highest BCUT2D eigenvalue weighted by atomic mass is 32.2. The SMILES string of the molecule is CC(C)CN(CC(F)(F)F)C(=O)CN(C1CC1)S(=O)(=O)c1cccnc1. The largest absolute Gasteiger partial charge is 0.406 e. The van der Waals surface area contributed by atoms with Gasteiger partial charge in [0, 0.05) is 25.0 Å². The molecule has 1 heterocycles. The van der Waals surface area contributed by atoms with Crippen molar-refractivity contribution in [2.45, 2.75) is 43.8 Å². The number of hydrogen-bond acceptors (Lipinski definition) is 4. The van der Waals surface area contributed by atoms with Crippen LogP contribution < -0.4 is 0 Å². The maximum absolute atomic E-state index is 12.8. The predicted molar refractivity (Wildman–Crippen MR) is 88.6 cm³/mol. The molecule has 0 atom stereocenters. The van der Waals surface area contributed by atoms with Crippen LogP contribution in [0.1, 0.15) is 26.7 Å². The van der Waals surface area contributed by atoms with Crippen molar-refractivity contribution in [3.63, 3.8) is 0 Å². The number of aromatic nitrogens is 1. The lowest BCUT2D eigenvalue weighted by molar-refractivity contribution is -0.162. The summed E-state index contributed by atoms with van der Waals surface area (Å²) in [5.74, 6) is -1.03. The van der Waals surface area contributed by atoms with Gasteiger partial charge in [0.2, 0.25) is 15.9 Å². The molecule has 6 nitrogen and oxygen atoms in total. The third-order valence-electron chi connectivity index (χ3n) is 3.79. The van der Waals surface area contributed by atoms with Gasteiger partial charge in [-0.15, -0.1) is 0 Å². The van der Waals surface area contributed by atoms with Gasteiger partial charge in [0.05, 0.1) is 6.54 Å². The molecule has 1 aliphatic carbocycles. The lowest BCUT2D eigenvalue weighted by atomic mass is 10.2. The highest BCUT2D eigenvalue weighted by Gasteiger charge is 2.41. The Hall–Kier alpha value is -1.68. The summed E-state index contributed by atoms with van der Waals surface area (Å²) in [6.07, 6.45) is -0.806. The molecule has 1 aromatic rings. The summed E-state index contributed by atoms with van der Waals surface area (Å²) in [6, 6.07) is 2.44. The predicted octanol–water partition coefficient (Wildman–Crippen LogP) is 2.28. The molecule has 0 radical (unpaired) electrons. The normalized spacial score (nSPS) is 15.5. The highest BCUT2D eigenvalue weighted by molar-refractivity contribution is 7.89. The van der Waals surface area contributed by atoms with Crippen molar-refractivity contribution in [3.05, 3.63) is 24.5 Å². The van der Waals surface area contributed by atoms with E-state index in [4.69, 9.17) is 0 Å². The zero-order valence-corrected chi connectivity index (χ0v) is 15.4. The van der Waals surface area contributed by atoms with E-state index in [0.717, 1.165) is 10.5 Å². The first-order chi connectivity index (χ1) is 12.0. The number of alkyl halides is 3. The van der Waals surface area contributed by atoms with Crippen LogP contribution in [0, 0.1) is 5.92 Å². The number of nitrogens with zero attached hydrogens (tertiary/aromatic N) is 3. The van der Waals surface area contributed by atoms with Crippen LogP contribution in [-0.4, -0.2) is 60.4 Å². The van der Waals surface area contributed by atoms with Crippen LogP contribution in [0.5, 0.6) is 0 Å². The lowest BCUT2D eigenvalue weighted by Crippen LogP contribution is -2.47. The number of pyridine rings is 1. The Balaban J connectivity index is 2.21. The Bertz CT molecular complexity index is 719. The van der Waals surface area contributed by atoms with Crippen LogP contribution in [0.15, 0.2) is 29.4 Å². The summed E-state index contributed by atoms with van der Waals surface area (Å²) < 4.78 is 64.9. The maximum atomic E-state index is 12.8. The van der Waals surface area contributed by atoms with E-state index in [9.17, 15) is 26.4 Å². The summed E-state index contributed by atoms with van der Waals surface area (Å²) in [7, 11) is -4.00. The quantitative estimate of drug-likeness (QED) is 0.679. The fraction of sp³-hybridized carbons (Fsp3) is 0.625. The molecule has 10 heteroatoms. The first kappa shape index (κ1) is 20.6. The van der Waals surface area contributed by atoms with Gasteiger partial charge >= 0.3 is 6.18 Å². The van der Waals surface area contributed by atoms with Gasteiger partial charge in [-0.1, -0.05) is 13.8 Å². The van der Waals surface area contributed by atoms with Gasteiger partial charge < -0.3 is 4.90 Å². The van der Waals surface area contributed by atoms with Gasteiger partial charge in [-0.05, 0) is 30.9 Å². The van der Waals surface area contributed by atoms with Gasteiger partial charge in [0.1, 0.15) is 11.4 Å². The second-order valence-electron chi connectivity index (χ2n) is 6.75. The van der Waals surface area contributed by atoms with Crippen LogP contribution in [0.4, 0.5) is 13.2 Å². The minimum absolute atomic E-state index is 0.0778. The monoisotopic (exact) mass is 393 g/mol. The van der Waals surface area contributed by atoms with E-state index in [1.165, 1.54) is 18.3 Å². The highest BCUT2D eigenvalue weighted by Crippen LogP contribution is 2.32. The second-order valence-corrected chi connectivity index (χ2v) is 8.64. The van der Waals surface area contributed by atoms with E-state index in [1.807, 2.05) is 0 Å². The van der Waals surface area contributed by atoms with Crippen LogP contribution in [0.2, 0.25) is 0 Å². The van der Waals surface area contributed by atoms with Crippen molar-refractivity contribution in [3.8, 4) is 0 Å². The standard InChI is InChI=1S/C16H22F3N3O3S/c1-12(2)9-21(11-16(17,18)19)15(23)10-22(13-5-6-13)26(24,25)14-4-3-7-20-8-14/h3-4,7-8,12-13H,5-6,9-11H2,1-2H3. The van der Waals surface area contributed by atoms with E-state index in [0.29, 0.717) is 17.7 Å². The number of halogens is 3. The number of carbonyl (C=O) groups is 1. The van der Waals surface area contributed by atoms with Crippen LogP contribution >= 0.6 is 0 Å². The summed E-state index contributed by atoms with van der Waals surface area (Å²) >= 11 is 0. The van der Waals surface area contributed by atoms with Crippen LogP contribution in [-0.2, 0) is 14.8 Å². The molecule has 0 aromatic carbocycles. The minimum atomic E-state index is -4.54. The van der Waals surface area contributed by atoms with Crippen molar-refractivity contribution < 1.29 is 26.4 Å². The smallest absolute Gasteiger partial charge is 0.332 e. The summed E-state index contributed by atoms with van der Waals surface area (Å²) in [5.41, 5.74) is 0. The Morgan fingerprint density at radius 1 is 1.35 bits per heavy atom. The molecular weight excluding hydrogens is 371 g/mol. The van der Waals surface area contributed by atoms with Crippen molar-refractivity contribution in [2.24, 2.45) is 5.92 Å². The van der Waals surface area contributed by atoms with Gasteiger partial charge in [0.25, 0.3) is 0 Å². The zero-order chi connectivity index (χ0) is 19.5. The molecule has 1 aromatic heterocycles. The Labute approximate surface area is 151 Å². The number of amides is 1. The van der Waals surface area contributed by atoms with E-state index in [2.05, 4.69) is 4.98 Å². The molecule has 0 N–H and O–H groups in total. The average molecular weight is 393 g/mol. The van der Waals surface area contributed by atoms with Crippen molar-refractivity contribution in [2.75, 3.05) is 19.6 Å². The second kappa shape index (κ2) is 7.91. The molecule has 1 saturated carbocycles. The zero-order valence-electron chi connectivity index (χ0n) is 14.6. The van der Waals surface area contributed by atoms with E-state index in [-0.39, 0.29) is 23.4 Å². The van der Waals surface area contributed by atoms with Gasteiger partial charge in [-0.25, -0.2) is 8.42 Å². The maximum Gasteiger partial charge on any atom is 0.406 e. The third kappa shape index (κ3) is 5.66. The summed E-state index contributed by atoms with van der Waals surface area (Å²) in [4.78, 5) is 16.8. The molecule has 0 aliphatic heterocycles. The summed E-state index contributed by atoms with van der Waals surface area (Å²) in [6.45, 7) is 1.30. The Morgan fingerprint density at radius 3 is 2.46 bits per heavy atom. The third-order valence-corrected chi connectivity index (χ3v) is 5.68. The van der Waals surface area contributed by atoms with Crippen LogP contribution in [0.25, 0.3) is 0 Å². The van der Waals surface area contributed by atoms with Gasteiger partial charge in [-0.3, -0.25) is 9.78 Å². The van der Waals surface area contributed by atoms with E-state index < -0.39 is 35.2 Å². The minimum Gasteiger partial charge on any atom is -0.332 e. The first-order valence-electron chi connectivity index (χ1n) is 8.27. The molecule has 0 unspecified atom stereocenters.